The van der Waals surface area contributed by atoms with Crippen molar-refractivity contribution in [1.29, 1.82) is 0 Å². The molecule has 4 aromatic carbocycles. The molecule has 2 aliphatic rings. The van der Waals surface area contributed by atoms with Crippen LogP contribution in [0.15, 0.2) is 60.7 Å². The number of rotatable bonds is 14. The summed E-state index contributed by atoms with van der Waals surface area (Å²) in [5.74, 6) is -0.760. The first-order valence-corrected chi connectivity index (χ1v) is 24.8. The maximum absolute atomic E-state index is 13.7. The largest absolute Gasteiger partial charge is 0.573 e. The topological polar surface area (TPSA) is 143 Å². The number of ether oxygens (including phenoxy) is 7. The Hall–Kier alpha value is -6.86. The van der Waals surface area contributed by atoms with E-state index in [4.69, 9.17) is 23.7 Å². The number of amides is 3. The molecular weight excluding hydrogens is 1000 g/mol. The quantitative estimate of drug-likeness (QED) is 0.0676. The molecule has 76 heavy (non-hydrogen) atoms. The molecular formula is C56H69F6N3O11. The van der Waals surface area contributed by atoms with Gasteiger partial charge < -0.3 is 38.1 Å². The van der Waals surface area contributed by atoms with Crippen molar-refractivity contribution in [3.63, 3.8) is 0 Å². The van der Waals surface area contributed by atoms with Gasteiger partial charge in [-0.15, -0.1) is 26.3 Å². The summed E-state index contributed by atoms with van der Waals surface area (Å²) in [4.78, 5) is 55.4. The Morgan fingerprint density at radius 1 is 0.605 bits per heavy atom. The second kappa shape index (κ2) is 24.0. The summed E-state index contributed by atoms with van der Waals surface area (Å²) >= 11 is 0. The van der Waals surface area contributed by atoms with E-state index in [1.54, 1.807) is 82.0 Å². The van der Waals surface area contributed by atoms with E-state index in [0.29, 0.717) is 65.4 Å². The summed E-state index contributed by atoms with van der Waals surface area (Å²) in [6.07, 6.45) is -9.91. The van der Waals surface area contributed by atoms with Gasteiger partial charge in [-0.05, 0) is 161 Å². The number of carbonyl (C=O) groups excluding carboxylic acids is 4. The fourth-order valence-corrected chi connectivity index (χ4v) is 8.63. The van der Waals surface area contributed by atoms with Crippen molar-refractivity contribution < 1.29 is 78.7 Å². The minimum Gasteiger partial charge on any atom is -0.489 e. The Balaban J connectivity index is 0.000000290. The highest BCUT2D eigenvalue weighted by Gasteiger charge is 2.39. The Kier molecular flexibility index (Phi) is 18.9. The normalized spacial score (nSPS) is 13.8. The maximum Gasteiger partial charge on any atom is 0.573 e. The van der Waals surface area contributed by atoms with Gasteiger partial charge in [-0.2, -0.15) is 0 Å². The predicted octanol–water partition coefficient (Wildman–Crippen LogP) is 13.2. The van der Waals surface area contributed by atoms with Crippen molar-refractivity contribution in [2.24, 2.45) is 0 Å². The Labute approximate surface area is 440 Å². The van der Waals surface area contributed by atoms with Gasteiger partial charge in [-0.25, -0.2) is 9.59 Å². The van der Waals surface area contributed by atoms with Crippen LogP contribution in [-0.4, -0.2) is 86.2 Å². The predicted molar refractivity (Wildman–Crippen MR) is 273 cm³/mol. The van der Waals surface area contributed by atoms with Crippen molar-refractivity contribution in [3.05, 3.63) is 105 Å². The zero-order valence-corrected chi connectivity index (χ0v) is 45.6. The molecule has 0 unspecified atom stereocenters. The molecule has 0 spiro atoms. The Bertz CT molecular complexity index is 2740. The van der Waals surface area contributed by atoms with Crippen LogP contribution in [0.25, 0.3) is 0 Å². The third kappa shape index (κ3) is 16.1. The number of hydrogen-bond donors (Lipinski definition) is 0. The van der Waals surface area contributed by atoms with Crippen LogP contribution >= 0.6 is 0 Å². The van der Waals surface area contributed by atoms with Gasteiger partial charge in [0.2, 0.25) is 0 Å². The van der Waals surface area contributed by atoms with Crippen LogP contribution in [-0.2, 0) is 49.9 Å². The first-order chi connectivity index (χ1) is 35.2. The molecule has 0 aromatic heterocycles. The molecule has 0 radical (unpaired) electrons. The minimum atomic E-state index is -4.82. The second-order valence-electron chi connectivity index (χ2n) is 21.1. The van der Waals surface area contributed by atoms with Crippen LogP contribution in [0.2, 0.25) is 0 Å². The van der Waals surface area contributed by atoms with Gasteiger partial charge in [0, 0.05) is 25.8 Å². The molecule has 0 N–H and O–H groups in total. The van der Waals surface area contributed by atoms with E-state index in [1.807, 2.05) is 54.5 Å². The Morgan fingerprint density at radius 2 is 1.03 bits per heavy atom. The number of benzene rings is 4. The number of halogens is 6. The molecule has 1 atom stereocenters. The van der Waals surface area contributed by atoms with Crippen LogP contribution in [0.3, 0.4) is 0 Å². The van der Waals surface area contributed by atoms with E-state index in [9.17, 15) is 45.5 Å². The molecule has 4 aromatic rings. The number of esters is 1. The lowest BCUT2D eigenvalue weighted by molar-refractivity contribution is -0.276. The molecule has 3 amide bonds. The molecule has 0 aliphatic carbocycles. The number of fused-ring (bicyclic) bond motifs is 2. The molecule has 0 saturated heterocycles. The first-order valence-electron chi connectivity index (χ1n) is 24.8. The smallest absolute Gasteiger partial charge is 0.489 e. The lowest BCUT2D eigenvalue weighted by Gasteiger charge is -2.32. The standard InChI is InChI=1S/C31H39F3N2O7.C25H30F3NO4/c1-18(2)21-10-9-20(15-26(21)42-31(32,33)34)17-41-25-12-11-23-22(19(25)3)13-14-36(23)28(38)24(16-27(37)40-8)35(7)29(39)43-30(4,5)6;1-15(2)18-8-7-17(13-22(18)32-25(26,27)28)14-31-21-10-9-20-19(16(21)3)11-12-29(20)23(30)33-24(4,5)6/h9-12,15,18,24H,13-14,16-17H2,1-8H3;7-10,13,15H,11-12,14H2,1-6H3/t24-;/m1./s1. The molecule has 0 fully saturated rings. The molecule has 2 heterocycles. The monoisotopic (exact) mass is 1070 g/mol. The molecule has 0 saturated carbocycles. The highest BCUT2D eigenvalue weighted by atomic mass is 19.4. The van der Waals surface area contributed by atoms with Gasteiger partial charge in [0.1, 0.15) is 53.5 Å². The molecule has 0 bridgehead atoms. The average Bonchev–Trinajstić information content (AvgIpc) is 3.94. The number of alkyl halides is 6. The summed E-state index contributed by atoms with van der Waals surface area (Å²) < 4.78 is 114. The SMILES string of the molecule is COC(=O)C[C@H](C(=O)N1CCc2c1ccc(OCc1ccc(C(C)C)c(OC(F)(F)F)c1)c2C)N(C)C(=O)OC(C)(C)C.Cc1c(OCc2ccc(C(C)C)c(OC(F)(F)F)c2)ccc2c1CCN2C(=O)OC(C)(C)C. The third-order valence-corrected chi connectivity index (χ3v) is 12.3. The fourth-order valence-electron chi connectivity index (χ4n) is 8.63. The summed E-state index contributed by atoms with van der Waals surface area (Å²) in [6, 6.07) is 15.2. The number of likely N-dealkylation sites (N-methyl/N-ethyl adjacent to an activating group) is 1. The van der Waals surface area contributed by atoms with Crippen LogP contribution in [0.1, 0.15) is 132 Å². The van der Waals surface area contributed by atoms with Crippen LogP contribution < -0.4 is 28.7 Å². The average molecular weight is 1070 g/mol. The van der Waals surface area contributed by atoms with E-state index in [1.165, 1.54) is 31.2 Å². The van der Waals surface area contributed by atoms with Gasteiger partial charge in [-0.1, -0.05) is 52.0 Å². The van der Waals surface area contributed by atoms with E-state index >= 15 is 0 Å². The number of hydrogen-bond acceptors (Lipinski definition) is 11. The number of anilines is 2. The summed E-state index contributed by atoms with van der Waals surface area (Å²) in [7, 11) is 2.61. The number of nitrogens with zero attached hydrogens (tertiary/aromatic N) is 3. The third-order valence-electron chi connectivity index (χ3n) is 12.3. The maximum atomic E-state index is 13.7. The van der Waals surface area contributed by atoms with Gasteiger partial charge in [0.05, 0.1) is 19.2 Å². The molecule has 14 nitrogen and oxygen atoms in total. The second-order valence-corrected chi connectivity index (χ2v) is 21.1. The molecule has 416 valence electrons. The molecule has 20 heteroatoms. The van der Waals surface area contributed by atoms with Crippen molar-refractivity contribution in [2.75, 3.05) is 37.0 Å². The van der Waals surface area contributed by atoms with E-state index < -0.39 is 54.0 Å². The zero-order chi connectivity index (χ0) is 56.8. The van der Waals surface area contributed by atoms with E-state index in [0.717, 1.165) is 32.8 Å². The lowest BCUT2D eigenvalue weighted by atomic mass is 10.0. The summed E-state index contributed by atoms with van der Waals surface area (Å²) in [5, 5.41) is 0. The molecule has 2 aliphatic heterocycles. The van der Waals surface area contributed by atoms with Gasteiger partial charge in [0.15, 0.2) is 0 Å². The van der Waals surface area contributed by atoms with Crippen molar-refractivity contribution >= 4 is 35.4 Å². The number of carbonyl (C=O) groups is 4. The Morgan fingerprint density at radius 3 is 1.42 bits per heavy atom. The van der Waals surface area contributed by atoms with E-state index in [-0.39, 0.29) is 43.0 Å². The van der Waals surface area contributed by atoms with Crippen molar-refractivity contribution in [3.8, 4) is 23.0 Å². The molecule has 6 rings (SSSR count). The fraction of sp³-hybridized carbons (Fsp3) is 0.500. The van der Waals surface area contributed by atoms with E-state index in [2.05, 4.69) is 9.47 Å². The van der Waals surface area contributed by atoms with Crippen molar-refractivity contribution in [2.45, 2.75) is 157 Å². The minimum absolute atomic E-state index is 0.00322. The first kappa shape index (κ1) is 60.0. The summed E-state index contributed by atoms with van der Waals surface area (Å²) in [5.41, 5.74) is 5.49. The van der Waals surface area contributed by atoms with Crippen LogP contribution in [0.5, 0.6) is 23.0 Å². The van der Waals surface area contributed by atoms with Gasteiger partial charge in [-0.3, -0.25) is 19.4 Å². The highest BCUT2D eigenvalue weighted by molar-refractivity contribution is 6.02. The zero-order valence-electron chi connectivity index (χ0n) is 45.6. The van der Waals surface area contributed by atoms with Crippen LogP contribution in [0, 0.1) is 13.8 Å². The van der Waals surface area contributed by atoms with Crippen molar-refractivity contribution in [1.82, 2.24) is 4.90 Å². The van der Waals surface area contributed by atoms with Gasteiger partial charge in [0.25, 0.3) is 5.91 Å². The van der Waals surface area contributed by atoms with Gasteiger partial charge >= 0.3 is 30.9 Å². The number of methoxy groups -OCH3 is 1. The lowest BCUT2D eigenvalue weighted by Crippen LogP contribution is -2.51. The highest BCUT2D eigenvalue weighted by Crippen LogP contribution is 2.40. The summed E-state index contributed by atoms with van der Waals surface area (Å²) in [6.45, 7) is 22.4. The van der Waals surface area contributed by atoms with Crippen LogP contribution in [0.4, 0.5) is 47.3 Å².